The number of oxazole rings is 1. The lowest BCUT2D eigenvalue weighted by atomic mass is 10.0. The first kappa shape index (κ1) is 19.6. The maximum Gasteiger partial charge on any atom is 0.241 e. The minimum Gasteiger partial charge on any atom is -0.507 e. The summed E-state index contributed by atoms with van der Waals surface area (Å²) in [5, 5.41) is 10.6. The Kier molecular flexibility index (Phi) is 5.14. The van der Waals surface area contributed by atoms with Crippen molar-refractivity contribution >= 4 is 16.9 Å². The predicted octanol–water partition coefficient (Wildman–Crippen LogP) is 5.93. The third kappa shape index (κ3) is 3.84. The van der Waals surface area contributed by atoms with Gasteiger partial charge < -0.3 is 14.3 Å². The number of ether oxygens (including phenoxy) is 1. The molecule has 0 radical (unpaired) electrons. The molecular formula is C27H19NO4. The van der Waals surface area contributed by atoms with Gasteiger partial charge >= 0.3 is 0 Å². The molecular weight excluding hydrogens is 402 g/mol. The standard InChI is InChI=1S/C27H19NO4/c29-23-17-20(15-16-21(23)25(30)18-9-3-1-4-10-18)31-26(19-11-5-2-6-12-19)27-28-22-13-7-8-14-24(22)32-27/h1-17,26,29H. The summed E-state index contributed by atoms with van der Waals surface area (Å²) in [5.41, 5.74) is 2.96. The maximum absolute atomic E-state index is 12.7. The van der Waals surface area contributed by atoms with Crippen molar-refractivity contribution in [3.63, 3.8) is 0 Å². The van der Waals surface area contributed by atoms with Gasteiger partial charge in [0.25, 0.3) is 0 Å². The Labute approximate surface area is 184 Å². The van der Waals surface area contributed by atoms with E-state index in [2.05, 4.69) is 4.98 Å². The number of nitrogens with zero attached hydrogens (tertiary/aromatic N) is 1. The average molecular weight is 421 g/mol. The van der Waals surface area contributed by atoms with E-state index in [4.69, 9.17) is 9.15 Å². The highest BCUT2D eigenvalue weighted by Crippen LogP contribution is 2.33. The largest absolute Gasteiger partial charge is 0.507 e. The van der Waals surface area contributed by atoms with E-state index in [1.165, 1.54) is 6.07 Å². The molecule has 0 aliphatic carbocycles. The minimum absolute atomic E-state index is 0.152. The molecule has 0 bridgehead atoms. The Morgan fingerprint density at radius 3 is 2.25 bits per heavy atom. The van der Waals surface area contributed by atoms with E-state index in [9.17, 15) is 9.90 Å². The van der Waals surface area contributed by atoms with Crippen LogP contribution in [0.15, 0.2) is 108 Å². The molecule has 0 saturated heterocycles. The van der Waals surface area contributed by atoms with Crippen LogP contribution in [0.1, 0.15) is 33.5 Å². The zero-order valence-electron chi connectivity index (χ0n) is 17.0. The molecule has 0 fully saturated rings. The highest BCUT2D eigenvalue weighted by Gasteiger charge is 2.23. The summed E-state index contributed by atoms with van der Waals surface area (Å²) in [6.45, 7) is 0. The molecule has 5 heteroatoms. The Bertz CT molecular complexity index is 1340. The van der Waals surface area contributed by atoms with Crippen LogP contribution >= 0.6 is 0 Å². The van der Waals surface area contributed by atoms with Gasteiger partial charge in [-0.05, 0) is 24.3 Å². The van der Waals surface area contributed by atoms with Gasteiger partial charge in [0, 0.05) is 17.2 Å². The molecule has 1 unspecified atom stereocenters. The first-order valence-corrected chi connectivity index (χ1v) is 10.2. The highest BCUT2D eigenvalue weighted by atomic mass is 16.5. The second-order valence-electron chi connectivity index (χ2n) is 7.30. The lowest BCUT2D eigenvalue weighted by Gasteiger charge is -2.17. The molecule has 0 aliphatic rings. The first-order valence-electron chi connectivity index (χ1n) is 10.2. The van der Waals surface area contributed by atoms with E-state index in [0.717, 1.165) is 11.1 Å². The summed E-state index contributed by atoms with van der Waals surface area (Å²) >= 11 is 0. The molecule has 32 heavy (non-hydrogen) atoms. The van der Waals surface area contributed by atoms with Crippen LogP contribution in [0.4, 0.5) is 0 Å². The Morgan fingerprint density at radius 1 is 0.844 bits per heavy atom. The zero-order chi connectivity index (χ0) is 21.9. The Hall–Kier alpha value is -4.38. The highest BCUT2D eigenvalue weighted by molar-refractivity contribution is 6.10. The van der Waals surface area contributed by atoms with Crippen LogP contribution in [-0.4, -0.2) is 15.9 Å². The summed E-state index contributed by atoms with van der Waals surface area (Å²) in [5.74, 6) is 0.387. The van der Waals surface area contributed by atoms with Gasteiger partial charge in [0.15, 0.2) is 17.5 Å². The van der Waals surface area contributed by atoms with Crippen molar-refractivity contribution in [2.45, 2.75) is 6.10 Å². The molecule has 0 spiro atoms. The second kappa shape index (κ2) is 8.40. The normalized spacial score (nSPS) is 11.9. The number of benzene rings is 4. The van der Waals surface area contributed by atoms with Crippen LogP contribution in [0.5, 0.6) is 11.5 Å². The average Bonchev–Trinajstić information content (AvgIpc) is 3.27. The number of aromatic nitrogens is 1. The van der Waals surface area contributed by atoms with Crippen LogP contribution in [0.25, 0.3) is 11.1 Å². The van der Waals surface area contributed by atoms with E-state index in [1.54, 1.807) is 36.4 Å². The molecule has 1 atom stereocenters. The fourth-order valence-electron chi connectivity index (χ4n) is 3.55. The molecule has 0 amide bonds. The maximum atomic E-state index is 12.7. The molecule has 1 heterocycles. The monoisotopic (exact) mass is 421 g/mol. The van der Waals surface area contributed by atoms with E-state index in [1.807, 2.05) is 60.7 Å². The molecule has 156 valence electrons. The smallest absolute Gasteiger partial charge is 0.241 e. The summed E-state index contributed by atoms with van der Waals surface area (Å²) in [6.07, 6.45) is -0.626. The Morgan fingerprint density at radius 2 is 1.53 bits per heavy atom. The van der Waals surface area contributed by atoms with Crippen molar-refractivity contribution in [3.8, 4) is 11.5 Å². The molecule has 5 nitrogen and oxygen atoms in total. The molecule has 5 aromatic rings. The van der Waals surface area contributed by atoms with Gasteiger partial charge in [-0.15, -0.1) is 0 Å². The number of hydrogen-bond acceptors (Lipinski definition) is 5. The van der Waals surface area contributed by atoms with E-state index < -0.39 is 6.10 Å². The van der Waals surface area contributed by atoms with E-state index in [0.29, 0.717) is 22.8 Å². The van der Waals surface area contributed by atoms with E-state index >= 15 is 0 Å². The minimum atomic E-state index is -0.626. The molecule has 1 N–H and O–H groups in total. The van der Waals surface area contributed by atoms with Crippen LogP contribution in [0, 0.1) is 0 Å². The topological polar surface area (TPSA) is 72.6 Å². The third-order valence-electron chi connectivity index (χ3n) is 5.14. The number of phenols is 1. The van der Waals surface area contributed by atoms with E-state index in [-0.39, 0.29) is 17.1 Å². The SMILES string of the molecule is O=C(c1ccccc1)c1ccc(OC(c2ccccc2)c2nc3ccccc3o2)cc1O. The van der Waals surface area contributed by atoms with Crippen LogP contribution in [-0.2, 0) is 0 Å². The van der Waals surface area contributed by atoms with Crippen molar-refractivity contribution in [3.05, 3.63) is 126 Å². The molecule has 0 aliphatic heterocycles. The first-order chi connectivity index (χ1) is 15.7. The van der Waals surface area contributed by atoms with Crippen LogP contribution < -0.4 is 4.74 Å². The number of para-hydroxylation sites is 2. The van der Waals surface area contributed by atoms with Crippen molar-refractivity contribution in [1.29, 1.82) is 0 Å². The van der Waals surface area contributed by atoms with Gasteiger partial charge in [-0.25, -0.2) is 4.98 Å². The molecule has 1 aromatic heterocycles. The number of carbonyl (C=O) groups excluding carboxylic acids is 1. The van der Waals surface area contributed by atoms with Crippen molar-refractivity contribution in [1.82, 2.24) is 4.98 Å². The number of phenolic OH excluding ortho intramolecular Hbond substituents is 1. The second-order valence-corrected chi connectivity index (χ2v) is 7.30. The van der Waals surface area contributed by atoms with Gasteiger partial charge in [-0.3, -0.25) is 4.79 Å². The van der Waals surface area contributed by atoms with Crippen molar-refractivity contribution in [2.75, 3.05) is 0 Å². The lowest BCUT2D eigenvalue weighted by Crippen LogP contribution is -2.10. The Balaban J connectivity index is 1.49. The molecule has 0 saturated carbocycles. The summed E-state index contributed by atoms with van der Waals surface area (Å²) in [4.78, 5) is 17.3. The number of carbonyl (C=O) groups is 1. The summed E-state index contributed by atoms with van der Waals surface area (Å²) in [7, 11) is 0. The van der Waals surface area contributed by atoms with Crippen LogP contribution in [0.2, 0.25) is 0 Å². The lowest BCUT2D eigenvalue weighted by molar-refractivity contribution is 0.103. The number of aromatic hydroxyl groups is 1. The van der Waals surface area contributed by atoms with Gasteiger partial charge in [0.05, 0.1) is 5.56 Å². The summed E-state index contributed by atoms with van der Waals surface area (Å²) in [6, 6.07) is 30.6. The fraction of sp³-hybridized carbons (Fsp3) is 0.0370. The predicted molar refractivity (Wildman–Crippen MR) is 121 cm³/mol. The molecule has 5 rings (SSSR count). The summed E-state index contributed by atoms with van der Waals surface area (Å²) < 4.78 is 12.2. The third-order valence-corrected chi connectivity index (χ3v) is 5.14. The van der Waals surface area contributed by atoms with Crippen molar-refractivity contribution < 1.29 is 19.1 Å². The molecule has 4 aromatic carbocycles. The van der Waals surface area contributed by atoms with Gasteiger partial charge in [0.2, 0.25) is 5.89 Å². The zero-order valence-corrected chi connectivity index (χ0v) is 17.0. The number of rotatable bonds is 6. The van der Waals surface area contributed by atoms with Crippen LogP contribution in [0.3, 0.4) is 0 Å². The van der Waals surface area contributed by atoms with Gasteiger partial charge in [0.1, 0.15) is 17.0 Å². The number of hydrogen-bond donors (Lipinski definition) is 1. The van der Waals surface area contributed by atoms with Gasteiger partial charge in [-0.1, -0.05) is 72.8 Å². The fourth-order valence-corrected chi connectivity index (χ4v) is 3.55. The van der Waals surface area contributed by atoms with Crippen molar-refractivity contribution in [2.24, 2.45) is 0 Å². The number of fused-ring (bicyclic) bond motifs is 1. The van der Waals surface area contributed by atoms with Gasteiger partial charge in [-0.2, -0.15) is 0 Å². The number of ketones is 1. The quantitative estimate of drug-likeness (QED) is 0.344.